The summed E-state index contributed by atoms with van der Waals surface area (Å²) in [5.74, 6) is 1.09. The molecular formula is C25H23Cl3N2O4. The standard InChI is InChI=1S/C25H23Cl3N2O4/c1-3-32-24-12-18(6-10-23(24)33-15-17-4-7-19(26)8-5-17)14-29-30-25(31)16(2)34-22-11-9-20(27)13-21(22)28/h4-14,16H,3,15H2,1-2H3,(H,30,31)/b29-14+. The lowest BCUT2D eigenvalue weighted by molar-refractivity contribution is -0.127. The molecule has 1 N–H and O–H groups in total. The van der Waals surface area contributed by atoms with E-state index >= 15 is 0 Å². The van der Waals surface area contributed by atoms with Gasteiger partial charge in [-0.25, -0.2) is 5.43 Å². The van der Waals surface area contributed by atoms with Crippen molar-refractivity contribution in [2.45, 2.75) is 26.6 Å². The fraction of sp³-hybridized carbons (Fsp3) is 0.200. The Kier molecular flexibility index (Phi) is 9.45. The average Bonchev–Trinajstić information content (AvgIpc) is 2.81. The second-order valence-corrected chi connectivity index (χ2v) is 8.40. The lowest BCUT2D eigenvalue weighted by Gasteiger charge is -2.14. The van der Waals surface area contributed by atoms with Crippen molar-refractivity contribution in [2.24, 2.45) is 5.10 Å². The molecule has 0 heterocycles. The summed E-state index contributed by atoms with van der Waals surface area (Å²) in [5.41, 5.74) is 4.15. The van der Waals surface area contributed by atoms with Crippen molar-refractivity contribution < 1.29 is 19.0 Å². The fourth-order valence-corrected chi connectivity index (χ4v) is 3.39. The molecular weight excluding hydrogens is 499 g/mol. The minimum absolute atomic E-state index is 0.317. The van der Waals surface area contributed by atoms with E-state index in [1.165, 1.54) is 6.21 Å². The highest BCUT2D eigenvalue weighted by molar-refractivity contribution is 6.35. The highest BCUT2D eigenvalue weighted by Gasteiger charge is 2.16. The molecule has 3 rings (SSSR count). The SMILES string of the molecule is CCOc1cc(/C=N/NC(=O)C(C)Oc2ccc(Cl)cc2Cl)ccc1OCc1ccc(Cl)cc1. The zero-order chi connectivity index (χ0) is 24.5. The molecule has 178 valence electrons. The van der Waals surface area contributed by atoms with E-state index in [4.69, 9.17) is 49.0 Å². The monoisotopic (exact) mass is 520 g/mol. The van der Waals surface area contributed by atoms with Gasteiger partial charge in [0.1, 0.15) is 12.4 Å². The first-order chi connectivity index (χ1) is 16.4. The second-order valence-electron chi connectivity index (χ2n) is 7.12. The zero-order valence-corrected chi connectivity index (χ0v) is 20.8. The lowest BCUT2D eigenvalue weighted by Crippen LogP contribution is -2.33. The molecule has 0 aromatic heterocycles. The van der Waals surface area contributed by atoms with Gasteiger partial charge in [-0.1, -0.05) is 46.9 Å². The molecule has 34 heavy (non-hydrogen) atoms. The van der Waals surface area contributed by atoms with Gasteiger partial charge in [0.25, 0.3) is 5.91 Å². The summed E-state index contributed by atoms with van der Waals surface area (Å²) in [6, 6.07) is 17.6. The zero-order valence-electron chi connectivity index (χ0n) is 18.6. The number of amides is 1. The predicted molar refractivity (Wildman–Crippen MR) is 136 cm³/mol. The summed E-state index contributed by atoms with van der Waals surface area (Å²) >= 11 is 17.9. The van der Waals surface area contributed by atoms with Crippen LogP contribution in [0.4, 0.5) is 0 Å². The molecule has 6 nitrogen and oxygen atoms in total. The van der Waals surface area contributed by atoms with Crippen molar-refractivity contribution in [3.63, 3.8) is 0 Å². The van der Waals surface area contributed by atoms with Crippen molar-refractivity contribution >= 4 is 46.9 Å². The Bertz CT molecular complexity index is 1150. The maximum absolute atomic E-state index is 12.3. The van der Waals surface area contributed by atoms with Gasteiger partial charge in [-0.2, -0.15) is 5.10 Å². The number of nitrogens with zero attached hydrogens (tertiary/aromatic N) is 1. The van der Waals surface area contributed by atoms with E-state index < -0.39 is 12.0 Å². The number of ether oxygens (including phenoxy) is 3. The van der Waals surface area contributed by atoms with E-state index in [9.17, 15) is 4.79 Å². The molecule has 0 aliphatic rings. The third kappa shape index (κ3) is 7.55. The van der Waals surface area contributed by atoms with Gasteiger partial charge < -0.3 is 14.2 Å². The van der Waals surface area contributed by atoms with E-state index in [0.717, 1.165) is 11.1 Å². The number of benzene rings is 3. The van der Waals surface area contributed by atoms with Crippen LogP contribution >= 0.6 is 34.8 Å². The number of nitrogens with one attached hydrogen (secondary N) is 1. The number of rotatable bonds is 10. The van der Waals surface area contributed by atoms with Crippen LogP contribution in [0, 0.1) is 0 Å². The lowest BCUT2D eigenvalue weighted by atomic mass is 10.2. The molecule has 3 aromatic carbocycles. The largest absolute Gasteiger partial charge is 0.490 e. The minimum atomic E-state index is -0.821. The molecule has 0 saturated heterocycles. The van der Waals surface area contributed by atoms with Crippen LogP contribution in [0.25, 0.3) is 0 Å². The molecule has 1 amide bonds. The summed E-state index contributed by atoms with van der Waals surface area (Å²) in [5, 5.41) is 5.47. The van der Waals surface area contributed by atoms with E-state index in [0.29, 0.717) is 45.5 Å². The topological polar surface area (TPSA) is 69.2 Å². The Balaban J connectivity index is 1.59. The molecule has 0 radical (unpaired) electrons. The molecule has 0 saturated carbocycles. The number of carbonyl (C=O) groups is 1. The Hall–Kier alpha value is -2.93. The van der Waals surface area contributed by atoms with Crippen molar-refractivity contribution in [3.8, 4) is 17.2 Å². The van der Waals surface area contributed by atoms with Gasteiger partial charge in [-0.15, -0.1) is 0 Å². The number of hydrogen-bond donors (Lipinski definition) is 1. The third-order valence-corrected chi connectivity index (χ3v) is 5.31. The number of carbonyl (C=O) groups excluding carboxylic acids is 1. The van der Waals surface area contributed by atoms with Crippen LogP contribution in [0.5, 0.6) is 17.2 Å². The van der Waals surface area contributed by atoms with Gasteiger partial charge >= 0.3 is 0 Å². The molecule has 1 atom stereocenters. The maximum Gasteiger partial charge on any atom is 0.280 e. The van der Waals surface area contributed by atoms with E-state index in [2.05, 4.69) is 10.5 Å². The van der Waals surface area contributed by atoms with Crippen molar-refractivity contribution in [3.05, 3.63) is 86.9 Å². The Morgan fingerprint density at radius 2 is 1.65 bits per heavy atom. The van der Waals surface area contributed by atoms with E-state index in [1.807, 2.05) is 37.3 Å². The third-order valence-electron chi connectivity index (χ3n) is 4.53. The van der Waals surface area contributed by atoms with Gasteiger partial charge in [0, 0.05) is 10.0 Å². The Morgan fingerprint density at radius 3 is 2.35 bits per heavy atom. The number of halogens is 3. The molecule has 0 bridgehead atoms. The van der Waals surface area contributed by atoms with E-state index in [-0.39, 0.29) is 0 Å². The van der Waals surface area contributed by atoms with Gasteiger partial charge in [0.15, 0.2) is 17.6 Å². The van der Waals surface area contributed by atoms with Crippen LogP contribution in [0.3, 0.4) is 0 Å². The first kappa shape index (κ1) is 25.7. The number of hydrogen-bond acceptors (Lipinski definition) is 5. The fourth-order valence-electron chi connectivity index (χ4n) is 2.81. The second kappa shape index (κ2) is 12.5. The first-order valence-corrected chi connectivity index (χ1v) is 11.6. The summed E-state index contributed by atoms with van der Waals surface area (Å²) < 4.78 is 17.2. The van der Waals surface area contributed by atoms with Crippen LogP contribution in [0.15, 0.2) is 65.8 Å². The summed E-state index contributed by atoms with van der Waals surface area (Å²) in [6.45, 7) is 4.32. The normalized spacial score (nSPS) is 11.8. The molecule has 0 fully saturated rings. The van der Waals surface area contributed by atoms with E-state index in [1.54, 1.807) is 37.3 Å². The van der Waals surface area contributed by atoms with Crippen LogP contribution in [-0.4, -0.2) is 24.8 Å². The quantitative estimate of drug-likeness (QED) is 0.243. The number of hydrazone groups is 1. The van der Waals surface area contributed by atoms with Crippen molar-refractivity contribution in [1.82, 2.24) is 5.43 Å². The van der Waals surface area contributed by atoms with Gasteiger partial charge in [0.2, 0.25) is 0 Å². The molecule has 0 aliphatic carbocycles. The summed E-state index contributed by atoms with van der Waals surface area (Å²) in [4.78, 5) is 12.3. The average molecular weight is 522 g/mol. The maximum atomic E-state index is 12.3. The molecule has 0 spiro atoms. The molecule has 1 unspecified atom stereocenters. The Labute approximate surface area is 213 Å². The highest BCUT2D eigenvalue weighted by Crippen LogP contribution is 2.29. The van der Waals surface area contributed by atoms with Crippen LogP contribution in [-0.2, 0) is 11.4 Å². The summed E-state index contributed by atoms with van der Waals surface area (Å²) in [7, 11) is 0. The molecule has 3 aromatic rings. The molecule has 0 aliphatic heterocycles. The van der Waals surface area contributed by atoms with Crippen LogP contribution in [0.2, 0.25) is 15.1 Å². The Morgan fingerprint density at radius 1 is 0.941 bits per heavy atom. The van der Waals surface area contributed by atoms with Crippen LogP contribution in [0.1, 0.15) is 25.0 Å². The first-order valence-electron chi connectivity index (χ1n) is 10.4. The smallest absolute Gasteiger partial charge is 0.280 e. The van der Waals surface area contributed by atoms with Crippen molar-refractivity contribution in [2.75, 3.05) is 6.61 Å². The van der Waals surface area contributed by atoms with Crippen LogP contribution < -0.4 is 19.6 Å². The van der Waals surface area contributed by atoms with Gasteiger partial charge in [0.05, 0.1) is 17.8 Å². The van der Waals surface area contributed by atoms with Crippen molar-refractivity contribution in [1.29, 1.82) is 0 Å². The predicted octanol–water partition coefficient (Wildman–Crippen LogP) is 6.54. The van der Waals surface area contributed by atoms with Gasteiger partial charge in [-0.3, -0.25) is 4.79 Å². The summed E-state index contributed by atoms with van der Waals surface area (Å²) in [6.07, 6.45) is 0.684. The highest BCUT2D eigenvalue weighted by atomic mass is 35.5. The minimum Gasteiger partial charge on any atom is -0.490 e. The molecule has 9 heteroatoms. The van der Waals surface area contributed by atoms with Gasteiger partial charge in [-0.05, 0) is 73.5 Å².